The smallest absolute Gasteiger partial charge is 0.248 e. The minimum atomic E-state index is -0.452. The summed E-state index contributed by atoms with van der Waals surface area (Å²) in [7, 11) is 0. The van der Waals surface area contributed by atoms with E-state index in [-0.39, 0.29) is 0 Å². The first kappa shape index (κ1) is 8.43. The van der Waals surface area contributed by atoms with Crippen molar-refractivity contribution in [1.82, 2.24) is 10.4 Å². The van der Waals surface area contributed by atoms with Crippen LogP contribution in [0.25, 0.3) is 11.3 Å². The van der Waals surface area contributed by atoms with Gasteiger partial charge in [0.1, 0.15) is 0 Å². The van der Waals surface area contributed by atoms with Crippen LogP contribution in [0, 0.1) is 0 Å². The zero-order valence-corrected chi connectivity index (χ0v) is 7.18. The Morgan fingerprint density at radius 3 is 2.50 bits per heavy atom. The van der Waals surface area contributed by atoms with Crippen molar-refractivity contribution in [2.24, 2.45) is 5.73 Å². The highest BCUT2D eigenvalue weighted by Gasteiger charge is 2.04. The molecule has 0 spiro atoms. The van der Waals surface area contributed by atoms with Crippen LogP contribution in [0.4, 0.5) is 0 Å². The summed E-state index contributed by atoms with van der Waals surface area (Å²) in [4.78, 5) is 10.8. The maximum atomic E-state index is 10.8. The fourth-order valence-corrected chi connectivity index (χ4v) is 1.09. The van der Waals surface area contributed by atoms with Gasteiger partial charge in [0.25, 0.3) is 0 Å². The zero-order valence-electron chi connectivity index (χ0n) is 7.18. The fraction of sp³-hybridized carbons (Fsp3) is 0. The number of primary amides is 1. The molecule has 0 radical (unpaired) electrons. The number of carbonyl (C=O) groups excluding carboxylic acids is 1. The van der Waals surface area contributed by atoms with Crippen LogP contribution >= 0.6 is 0 Å². The molecule has 1 heterocycles. The van der Waals surface area contributed by atoms with Crippen LogP contribution in [-0.2, 0) is 0 Å². The number of hydrogen-bond donors (Lipinski definition) is 1. The number of benzene rings is 1. The van der Waals surface area contributed by atoms with E-state index in [0.717, 1.165) is 5.56 Å². The summed E-state index contributed by atoms with van der Waals surface area (Å²) >= 11 is 0. The summed E-state index contributed by atoms with van der Waals surface area (Å²) in [5.74, 6) is 0.105. The lowest BCUT2D eigenvalue weighted by Crippen LogP contribution is -2.10. The van der Waals surface area contributed by atoms with E-state index in [1.165, 1.54) is 6.20 Å². The van der Waals surface area contributed by atoms with E-state index < -0.39 is 5.91 Å². The second-order valence-electron chi connectivity index (χ2n) is 2.72. The minimum Gasteiger partial charge on any atom is -0.366 e. The summed E-state index contributed by atoms with van der Waals surface area (Å²) in [6.07, 6.45) is 1.50. The van der Waals surface area contributed by atoms with Gasteiger partial charge in [0.05, 0.1) is 6.20 Å². The number of rotatable bonds is 2. The molecular weight excluding hydrogens is 182 g/mol. The molecule has 0 saturated heterocycles. The maximum absolute atomic E-state index is 10.8. The van der Waals surface area contributed by atoms with Gasteiger partial charge < -0.3 is 10.3 Å². The van der Waals surface area contributed by atoms with E-state index >= 15 is 0 Å². The van der Waals surface area contributed by atoms with Crippen LogP contribution in [-0.4, -0.2) is 16.3 Å². The highest BCUT2D eigenvalue weighted by atomic mass is 16.5. The third-order valence-electron chi connectivity index (χ3n) is 1.82. The predicted molar refractivity (Wildman–Crippen MR) is 48.3 cm³/mol. The van der Waals surface area contributed by atoms with Crippen LogP contribution in [0.15, 0.2) is 35.0 Å². The Bertz CT molecular complexity index is 434. The van der Waals surface area contributed by atoms with Crippen molar-refractivity contribution < 1.29 is 9.32 Å². The Hall–Kier alpha value is -2.17. The molecule has 5 heteroatoms. The average Bonchev–Trinajstić information content (AvgIpc) is 2.71. The highest BCUT2D eigenvalue weighted by Crippen LogP contribution is 2.17. The van der Waals surface area contributed by atoms with Gasteiger partial charge in [0, 0.05) is 16.4 Å². The van der Waals surface area contributed by atoms with Gasteiger partial charge in [-0.3, -0.25) is 4.79 Å². The van der Waals surface area contributed by atoms with Gasteiger partial charge in [-0.1, -0.05) is 12.1 Å². The Morgan fingerprint density at radius 1 is 1.29 bits per heavy atom. The number of carbonyl (C=O) groups is 1. The molecule has 0 aliphatic carbocycles. The predicted octanol–water partition coefficient (Wildman–Crippen LogP) is 0.836. The largest absolute Gasteiger partial charge is 0.366 e. The molecule has 1 aromatic heterocycles. The van der Waals surface area contributed by atoms with Gasteiger partial charge in [-0.05, 0) is 12.1 Å². The number of hydrogen-bond acceptors (Lipinski definition) is 4. The Balaban J connectivity index is 2.36. The molecule has 14 heavy (non-hydrogen) atoms. The Morgan fingerprint density at radius 2 is 2.00 bits per heavy atom. The third-order valence-corrected chi connectivity index (χ3v) is 1.82. The van der Waals surface area contributed by atoms with E-state index in [0.29, 0.717) is 11.3 Å². The van der Waals surface area contributed by atoms with Gasteiger partial charge in [0.15, 0.2) is 5.76 Å². The summed E-state index contributed by atoms with van der Waals surface area (Å²) in [5, 5.41) is 6.89. The van der Waals surface area contributed by atoms with Gasteiger partial charge >= 0.3 is 0 Å². The second-order valence-corrected chi connectivity index (χ2v) is 2.72. The lowest BCUT2D eigenvalue weighted by Gasteiger charge is -1.96. The minimum absolute atomic E-state index is 0.452. The monoisotopic (exact) mass is 189 g/mol. The van der Waals surface area contributed by atoms with E-state index in [2.05, 4.69) is 10.4 Å². The van der Waals surface area contributed by atoms with Crippen LogP contribution in [0.2, 0.25) is 0 Å². The number of amides is 1. The quantitative estimate of drug-likeness (QED) is 0.758. The van der Waals surface area contributed by atoms with Crippen LogP contribution in [0.5, 0.6) is 0 Å². The van der Waals surface area contributed by atoms with Crippen molar-refractivity contribution in [1.29, 1.82) is 0 Å². The number of nitrogens with zero attached hydrogens (tertiary/aromatic N) is 2. The number of aromatic nitrogens is 2. The van der Waals surface area contributed by atoms with Crippen molar-refractivity contribution in [2.45, 2.75) is 0 Å². The summed E-state index contributed by atoms with van der Waals surface area (Å²) in [6, 6.07) is 6.70. The van der Waals surface area contributed by atoms with E-state index in [4.69, 9.17) is 10.3 Å². The van der Waals surface area contributed by atoms with E-state index in [9.17, 15) is 4.79 Å². The molecule has 0 aliphatic heterocycles. The van der Waals surface area contributed by atoms with Crippen LogP contribution in [0.1, 0.15) is 10.4 Å². The summed E-state index contributed by atoms with van der Waals surface area (Å²) in [5.41, 5.74) is 6.36. The van der Waals surface area contributed by atoms with Gasteiger partial charge in [-0.15, -0.1) is 5.10 Å². The van der Waals surface area contributed by atoms with Crippen molar-refractivity contribution in [3.63, 3.8) is 0 Å². The highest BCUT2D eigenvalue weighted by molar-refractivity contribution is 5.93. The lowest BCUT2D eigenvalue weighted by molar-refractivity contribution is 0.100. The molecule has 2 N–H and O–H groups in total. The van der Waals surface area contributed by atoms with Crippen molar-refractivity contribution in [3.05, 3.63) is 36.0 Å². The van der Waals surface area contributed by atoms with Crippen LogP contribution in [0.3, 0.4) is 0 Å². The fourth-order valence-electron chi connectivity index (χ4n) is 1.09. The first-order valence-corrected chi connectivity index (χ1v) is 3.95. The van der Waals surface area contributed by atoms with E-state index in [1.807, 2.05) is 0 Å². The van der Waals surface area contributed by atoms with Gasteiger partial charge in [0.2, 0.25) is 5.91 Å². The summed E-state index contributed by atoms with van der Waals surface area (Å²) < 4.78 is 4.84. The Kier molecular flexibility index (Phi) is 1.98. The van der Waals surface area contributed by atoms with Crippen LogP contribution < -0.4 is 5.73 Å². The van der Waals surface area contributed by atoms with Crippen molar-refractivity contribution in [3.8, 4) is 11.3 Å². The number of nitrogens with two attached hydrogens (primary N) is 1. The molecule has 2 aromatic rings. The molecule has 0 aliphatic rings. The molecular formula is C9H7N3O2. The van der Waals surface area contributed by atoms with Crippen molar-refractivity contribution in [2.75, 3.05) is 0 Å². The van der Waals surface area contributed by atoms with E-state index in [1.54, 1.807) is 24.3 Å². The normalized spacial score (nSPS) is 10.0. The average molecular weight is 189 g/mol. The first-order valence-electron chi connectivity index (χ1n) is 3.95. The molecule has 5 nitrogen and oxygen atoms in total. The molecule has 0 fully saturated rings. The molecule has 0 atom stereocenters. The first-order chi connectivity index (χ1) is 6.77. The van der Waals surface area contributed by atoms with Gasteiger partial charge in [-0.25, -0.2) is 0 Å². The molecule has 2 rings (SSSR count). The summed E-state index contributed by atoms with van der Waals surface area (Å²) in [6.45, 7) is 0. The zero-order chi connectivity index (χ0) is 9.97. The maximum Gasteiger partial charge on any atom is 0.248 e. The molecule has 1 amide bonds. The topological polar surface area (TPSA) is 82.0 Å². The Labute approximate surface area is 79.5 Å². The standard InChI is InChI=1S/C9H7N3O2/c10-9(13)7-3-1-6(2-4-7)8-5-11-12-14-8/h1-5H,(H2,10,13). The molecule has 0 unspecified atom stereocenters. The van der Waals surface area contributed by atoms with Gasteiger partial charge in [-0.2, -0.15) is 0 Å². The van der Waals surface area contributed by atoms with Crippen molar-refractivity contribution >= 4 is 5.91 Å². The third kappa shape index (κ3) is 1.47. The molecule has 0 bridgehead atoms. The molecule has 70 valence electrons. The SMILES string of the molecule is NC(=O)c1ccc(-c2cnno2)cc1. The lowest BCUT2D eigenvalue weighted by atomic mass is 10.1. The second kappa shape index (κ2) is 3.29. The molecule has 0 saturated carbocycles. The molecule has 1 aromatic carbocycles.